The van der Waals surface area contributed by atoms with Crippen LogP contribution >= 0.6 is 0 Å². The molecule has 0 spiro atoms. The van der Waals surface area contributed by atoms with Gasteiger partial charge in [0.15, 0.2) is 0 Å². The van der Waals surface area contributed by atoms with Gasteiger partial charge in [0.1, 0.15) is 5.82 Å². The first-order valence-corrected chi connectivity index (χ1v) is 12.4. The maximum Gasteiger partial charge on any atom is 0.416 e. The molecule has 13 heteroatoms. The molecule has 0 saturated carbocycles. The lowest BCUT2D eigenvalue weighted by molar-refractivity contribution is -0.143. The molecule has 1 aliphatic rings. The van der Waals surface area contributed by atoms with Crippen LogP contribution in [0, 0.1) is 12.7 Å². The molecule has 2 unspecified atom stereocenters. The Balaban J connectivity index is 2.14. The number of urea groups is 1. The van der Waals surface area contributed by atoms with E-state index in [2.05, 4.69) is 13.2 Å². The van der Waals surface area contributed by atoms with Gasteiger partial charge in [-0.1, -0.05) is 18.2 Å². The summed E-state index contributed by atoms with van der Waals surface area (Å²) in [6.07, 6.45) is -9.10. The Hall–Kier alpha value is -4.03. The third kappa shape index (κ3) is 7.19. The molecule has 0 radical (unpaired) electrons. The fourth-order valence-electron chi connectivity index (χ4n) is 4.88. The minimum Gasteiger partial charge on any atom is -0.465 e. The van der Waals surface area contributed by atoms with Gasteiger partial charge >= 0.3 is 24.5 Å². The van der Waals surface area contributed by atoms with Gasteiger partial charge in [0.25, 0.3) is 0 Å². The predicted octanol–water partition coefficient (Wildman–Crippen LogP) is 7.43. The van der Waals surface area contributed by atoms with Crippen LogP contribution in [-0.4, -0.2) is 58.1 Å². The van der Waals surface area contributed by atoms with E-state index in [-0.39, 0.29) is 38.7 Å². The van der Waals surface area contributed by atoms with Gasteiger partial charge in [0.2, 0.25) is 0 Å². The summed E-state index contributed by atoms with van der Waals surface area (Å²) in [6.45, 7) is 8.03. The summed E-state index contributed by atoms with van der Waals surface area (Å²) in [4.78, 5) is 29.2. The standard InChI is InChI=1S/C28H28F7N3O3/c1-4-6-23(18-13-19(27(30,31)32)15-20(14-18)28(33,34)35)37(9-5-2)25(39)38-11-10-36(26(40)41)16-24(38)22-8-7-21(29)12-17(22)3/h4-5,7-8,12-15,23-24H,1-2,6,9-11,16H2,3H3,(H,40,41). The first-order chi connectivity index (χ1) is 19.1. The van der Waals surface area contributed by atoms with Crippen molar-refractivity contribution in [2.75, 3.05) is 26.2 Å². The third-order valence-corrected chi connectivity index (χ3v) is 6.82. The van der Waals surface area contributed by atoms with E-state index in [1.54, 1.807) is 6.92 Å². The quantitative estimate of drug-likeness (QED) is 0.271. The second-order valence-corrected chi connectivity index (χ2v) is 9.54. The van der Waals surface area contributed by atoms with Gasteiger partial charge in [0.05, 0.1) is 23.2 Å². The molecule has 1 saturated heterocycles. The number of halogens is 7. The Morgan fingerprint density at radius 3 is 2.12 bits per heavy atom. The average Bonchev–Trinajstić information content (AvgIpc) is 2.88. The number of alkyl halides is 6. The zero-order chi connectivity index (χ0) is 30.7. The lowest BCUT2D eigenvalue weighted by Crippen LogP contribution is -2.56. The highest BCUT2D eigenvalue weighted by Crippen LogP contribution is 2.40. The molecule has 222 valence electrons. The van der Waals surface area contributed by atoms with Crippen molar-refractivity contribution in [1.29, 1.82) is 0 Å². The first-order valence-electron chi connectivity index (χ1n) is 12.4. The molecule has 6 nitrogen and oxygen atoms in total. The number of amides is 3. The molecular weight excluding hydrogens is 559 g/mol. The first kappa shape index (κ1) is 31.5. The summed E-state index contributed by atoms with van der Waals surface area (Å²) in [5, 5.41) is 9.57. The zero-order valence-electron chi connectivity index (χ0n) is 22.0. The largest absolute Gasteiger partial charge is 0.465 e. The van der Waals surface area contributed by atoms with Gasteiger partial charge in [-0.3, -0.25) is 0 Å². The molecule has 3 rings (SSSR count). The Bertz CT molecular complexity index is 1280. The smallest absolute Gasteiger partial charge is 0.416 e. The molecule has 1 N–H and O–H groups in total. The van der Waals surface area contributed by atoms with E-state index in [0.29, 0.717) is 23.3 Å². The Morgan fingerprint density at radius 2 is 1.63 bits per heavy atom. The number of piperazine rings is 1. The van der Waals surface area contributed by atoms with Crippen LogP contribution in [0.4, 0.5) is 40.3 Å². The third-order valence-electron chi connectivity index (χ3n) is 6.82. The average molecular weight is 588 g/mol. The van der Waals surface area contributed by atoms with Crippen LogP contribution in [0.2, 0.25) is 0 Å². The van der Waals surface area contributed by atoms with E-state index in [9.17, 15) is 45.4 Å². The molecule has 1 fully saturated rings. The van der Waals surface area contributed by atoms with Crippen LogP contribution in [0.15, 0.2) is 61.7 Å². The van der Waals surface area contributed by atoms with E-state index >= 15 is 0 Å². The van der Waals surface area contributed by atoms with Crippen molar-refractivity contribution in [3.05, 3.63) is 95.3 Å². The highest BCUT2D eigenvalue weighted by atomic mass is 19.4. The molecule has 0 aromatic heterocycles. The van der Waals surface area contributed by atoms with Crippen molar-refractivity contribution in [2.24, 2.45) is 0 Å². The highest BCUT2D eigenvalue weighted by Gasteiger charge is 2.41. The number of carboxylic acid groups (broad SMARTS) is 1. The number of carbonyl (C=O) groups excluding carboxylic acids is 1. The van der Waals surface area contributed by atoms with Gasteiger partial charge in [-0.2, -0.15) is 26.3 Å². The van der Waals surface area contributed by atoms with E-state index in [4.69, 9.17) is 0 Å². The SMILES string of the molecule is C=CCC(c1cc(C(F)(F)F)cc(C(F)(F)F)c1)N(CC=C)C(=O)N1CCN(C(=O)O)CC1c1ccc(F)cc1C. The van der Waals surface area contributed by atoms with E-state index in [1.165, 1.54) is 29.2 Å². The minimum absolute atomic E-state index is 0.00655. The van der Waals surface area contributed by atoms with Crippen LogP contribution < -0.4 is 0 Å². The number of aryl methyl sites for hydroxylation is 1. The van der Waals surface area contributed by atoms with Crippen LogP contribution in [0.25, 0.3) is 0 Å². The molecule has 3 amide bonds. The van der Waals surface area contributed by atoms with Gasteiger partial charge in [0, 0.05) is 26.2 Å². The zero-order valence-corrected chi connectivity index (χ0v) is 22.0. The molecule has 0 aliphatic carbocycles. The summed E-state index contributed by atoms with van der Waals surface area (Å²) in [5.41, 5.74) is -2.62. The van der Waals surface area contributed by atoms with Crippen LogP contribution in [0.5, 0.6) is 0 Å². The van der Waals surface area contributed by atoms with Gasteiger partial charge in [-0.05, 0) is 60.4 Å². The molecular formula is C28H28F7N3O3. The molecule has 1 heterocycles. The van der Waals surface area contributed by atoms with Crippen LogP contribution in [-0.2, 0) is 12.4 Å². The van der Waals surface area contributed by atoms with Crippen LogP contribution in [0.1, 0.15) is 46.3 Å². The van der Waals surface area contributed by atoms with Crippen molar-refractivity contribution in [2.45, 2.75) is 37.8 Å². The fourth-order valence-corrected chi connectivity index (χ4v) is 4.88. The molecule has 2 aromatic carbocycles. The highest BCUT2D eigenvalue weighted by molar-refractivity contribution is 5.77. The lowest BCUT2D eigenvalue weighted by Gasteiger charge is -2.44. The maximum absolute atomic E-state index is 14.1. The molecule has 2 atom stereocenters. The van der Waals surface area contributed by atoms with E-state index in [1.807, 2.05) is 0 Å². The second kappa shape index (κ2) is 12.2. The summed E-state index contributed by atoms with van der Waals surface area (Å²) < 4.78 is 95.6. The fraction of sp³-hybridized carbons (Fsp3) is 0.357. The normalized spacial score (nSPS) is 16.7. The van der Waals surface area contributed by atoms with Gasteiger partial charge < -0.3 is 19.8 Å². The maximum atomic E-state index is 14.1. The van der Waals surface area contributed by atoms with Crippen molar-refractivity contribution in [3.63, 3.8) is 0 Å². The lowest BCUT2D eigenvalue weighted by atomic mass is 9.95. The monoisotopic (exact) mass is 587 g/mol. The van der Waals surface area contributed by atoms with Crippen LogP contribution in [0.3, 0.4) is 0 Å². The van der Waals surface area contributed by atoms with Crippen molar-refractivity contribution in [1.82, 2.24) is 14.7 Å². The predicted molar refractivity (Wildman–Crippen MR) is 136 cm³/mol. The van der Waals surface area contributed by atoms with Crippen molar-refractivity contribution >= 4 is 12.1 Å². The van der Waals surface area contributed by atoms with Crippen molar-refractivity contribution in [3.8, 4) is 0 Å². The Morgan fingerprint density at radius 1 is 1.02 bits per heavy atom. The molecule has 1 aliphatic heterocycles. The number of nitrogens with zero attached hydrogens (tertiary/aromatic N) is 3. The number of rotatable bonds is 7. The van der Waals surface area contributed by atoms with Gasteiger partial charge in [-0.15, -0.1) is 13.2 Å². The summed E-state index contributed by atoms with van der Waals surface area (Å²) in [7, 11) is 0. The number of hydrogen-bond acceptors (Lipinski definition) is 2. The Kier molecular flexibility index (Phi) is 9.40. The Labute approximate surface area is 231 Å². The van der Waals surface area contributed by atoms with Gasteiger partial charge in [-0.25, -0.2) is 14.0 Å². The second-order valence-electron chi connectivity index (χ2n) is 9.54. The number of benzene rings is 2. The number of hydrogen-bond donors (Lipinski definition) is 1. The molecule has 41 heavy (non-hydrogen) atoms. The van der Waals surface area contributed by atoms with E-state index in [0.717, 1.165) is 15.9 Å². The van der Waals surface area contributed by atoms with E-state index < -0.39 is 59.1 Å². The summed E-state index contributed by atoms with van der Waals surface area (Å²) >= 11 is 0. The number of carbonyl (C=O) groups is 2. The summed E-state index contributed by atoms with van der Waals surface area (Å²) in [5.74, 6) is -0.556. The molecule has 0 bridgehead atoms. The minimum atomic E-state index is -5.10. The molecule has 2 aromatic rings. The van der Waals surface area contributed by atoms with Crippen molar-refractivity contribution < 1.29 is 45.4 Å². The summed E-state index contributed by atoms with van der Waals surface area (Å²) in [6, 6.07) is 1.89. The topological polar surface area (TPSA) is 64.1 Å².